The molecule has 0 spiro atoms. The lowest BCUT2D eigenvalue weighted by molar-refractivity contribution is -0.159. The highest BCUT2D eigenvalue weighted by molar-refractivity contribution is 5.82. The minimum absolute atomic E-state index is 0.0788. The second-order valence-electron chi connectivity index (χ2n) is 6.23. The predicted octanol–water partition coefficient (Wildman–Crippen LogP) is 2.12. The number of carbonyl (C=O) groups is 1. The molecular weight excluding hydrogens is 242 g/mol. The second-order valence-corrected chi connectivity index (χ2v) is 6.23. The summed E-state index contributed by atoms with van der Waals surface area (Å²) < 4.78 is 10.9. The van der Waals surface area contributed by atoms with E-state index in [4.69, 9.17) is 9.47 Å². The third kappa shape index (κ3) is 3.29. The quantitative estimate of drug-likeness (QED) is 0.750. The summed E-state index contributed by atoms with van der Waals surface area (Å²) in [7, 11) is 0. The average molecular weight is 269 g/mol. The van der Waals surface area contributed by atoms with Gasteiger partial charge in [0, 0.05) is 13.2 Å². The monoisotopic (exact) mass is 269 g/mol. The zero-order valence-electron chi connectivity index (χ0n) is 12.4. The van der Waals surface area contributed by atoms with E-state index in [-0.39, 0.29) is 12.1 Å². The van der Waals surface area contributed by atoms with Gasteiger partial charge < -0.3 is 9.47 Å². The topological polar surface area (TPSA) is 47.6 Å². The van der Waals surface area contributed by atoms with Crippen molar-refractivity contribution in [3.8, 4) is 0 Å². The molecule has 0 aromatic carbocycles. The van der Waals surface area contributed by atoms with Crippen LogP contribution in [0.1, 0.15) is 46.5 Å². The number of nitrogens with one attached hydrogen (secondary N) is 1. The lowest BCUT2D eigenvalue weighted by atomic mass is 9.64. The summed E-state index contributed by atoms with van der Waals surface area (Å²) in [4.78, 5) is 12.2. The molecule has 1 unspecified atom stereocenters. The summed E-state index contributed by atoms with van der Waals surface area (Å²) in [6.45, 7) is 8.38. The maximum absolute atomic E-state index is 12.2. The van der Waals surface area contributed by atoms with E-state index >= 15 is 0 Å². The number of ether oxygens (including phenoxy) is 2. The van der Waals surface area contributed by atoms with Crippen LogP contribution in [0, 0.1) is 11.8 Å². The molecule has 1 saturated carbocycles. The van der Waals surface area contributed by atoms with Gasteiger partial charge in [0.2, 0.25) is 0 Å². The summed E-state index contributed by atoms with van der Waals surface area (Å²) in [5.74, 6) is 1.18. The molecule has 0 bridgehead atoms. The highest BCUT2D eigenvalue weighted by atomic mass is 16.5. The van der Waals surface area contributed by atoms with Crippen molar-refractivity contribution < 1.29 is 14.3 Å². The summed E-state index contributed by atoms with van der Waals surface area (Å²) in [5.41, 5.74) is -0.448. The lowest BCUT2D eigenvalue weighted by Crippen LogP contribution is -2.63. The number of hydrogen-bond donors (Lipinski definition) is 1. The van der Waals surface area contributed by atoms with E-state index in [9.17, 15) is 4.79 Å². The Hall–Kier alpha value is -0.610. The van der Waals surface area contributed by atoms with Gasteiger partial charge in [-0.25, -0.2) is 0 Å². The highest BCUT2D eigenvalue weighted by Crippen LogP contribution is 2.43. The molecule has 0 aromatic rings. The molecule has 4 heteroatoms. The molecule has 2 fully saturated rings. The van der Waals surface area contributed by atoms with Crippen molar-refractivity contribution in [3.63, 3.8) is 0 Å². The third-order valence-corrected chi connectivity index (χ3v) is 4.52. The summed E-state index contributed by atoms with van der Waals surface area (Å²) in [5, 5.41) is 3.44. The molecule has 0 amide bonds. The Morgan fingerprint density at radius 2 is 2.21 bits per heavy atom. The second kappa shape index (κ2) is 6.23. The largest absolute Gasteiger partial charge is 0.465 e. The van der Waals surface area contributed by atoms with Crippen molar-refractivity contribution in [1.29, 1.82) is 0 Å². The first-order chi connectivity index (χ1) is 9.07. The van der Waals surface area contributed by atoms with Crippen LogP contribution in [0.4, 0.5) is 0 Å². The Morgan fingerprint density at radius 3 is 2.74 bits per heavy atom. The van der Waals surface area contributed by atoms with Gasteiger partial charge in [0.25, 0.3) is 0 Å². The fourth-order valence-corrected chi connectivity index (χ4v) is 3.07. The van der Waals surface area contributed by atoms with Crippen molar-refractivity contribution in [2.75, 3.05) is 19.8 Å². The maximum atomic E-state index is 12.2. The average Bonchev–Trinajstić information content (AvgIpc) is 2.80. The summed E-state index contributed by atoms with van der Waals surface area (Å²) >= 11 is 0. The Bertz CT molecular complexity index is 305. The molecular formula is C15H27NO3. The van der Waals surface area contributed by atoms with Gasteiger partial charge in [0.15, 0.2) is 0 Å². The normalized spacial score (nSPS) is 34.3. The first kappa shape index (κ1) is 14.8. The van der Waals surface area contributed by atoms with Crippen LogP contribution in [-0.2, 0) is 14.3 Å². The van der Waals surface area contributed by atoms with E-state index in [1.807, 2.05) is 6.92 Å². The van der Waals surface area contributed by atoms with E-state index in [0.29, 0.717) is 18.4 Å². The summed E-state index contributed by atoms with van der Waals surface area (Å²) in [6, 6.07) is 0. The van der Waals surface area contributed by atoms with Gasteiger partial charge in [-0.2, -0.15) is 0 Å². The summed E-state index contributed by atoms with van der Waals surface area (Å²) in [6.07, 6.45) is 4.30. The number of carbonyl (C=O) groups excluding carboxylic acids is 1. The Labute approximate surface area is 116 Å². The van der Waals surface area contributed by atoms with Crippen LogP contribution < -0.4 is 5.32 Å². The highest BCUT2D eigenvalue weighted by Gasteiger charge is 2.51. The number of hydrogen-bond acceptors (Lipinski definition) is 4. The molecule has 1 N–H and O–H groups in total. The first-order valence-electron chi connectivity index (χ1n) is 7.61. The maximum Gasteiger partial charge on any atom is 0.326 e. The van der Waals surface area contributed by atoms with Crippen molar-refractivity contribution in [2.45, 2.75) is 58.1 Å². The van der Waals surface area contributed by atoms with E-state index in [2.05, 4.69) is 19.2 Å². The SMILES string of the molecule is CCOC(=O)C1(NCC2CCCO2)CC(C(C)C)C1. The smallest absolute Gasteiger partial charge is 0.326 e. The van der Waals surface area contributed by atoms with E-state index in [1.165, 1.54) is 0 Å². The minimum atomic E-state index is -0.448. The standard InChI is InChI=1S/C15H27NO3/c1-4-18-14(17)15(8-12(9-15)11(2)3)16-10-13-6-5-7-19-13/h11-13,16H,4-10H2,1-3H3. The molecule has 1 aliphatic carbocycles. The van der Waals surface area contributed by atoms with E-state index in [0.717, 1.165) is 38.8 Å². The van der Waals surface area contributed by atoms with Crippen molar-refractivity contribution in [2.24, 2.45) is 11.8 Å². The van der Waals surface area contributed by atoms with Crippen LogP contribution in [0.3, 0.4) is 0 Å². The van der Waals surface area contributed by atoms with Crippen molar-refractivity contribution >= 4 is 5.97 Å². The molecule has 19 heavy (non-hydrogen) atoms. The fourth-order valence-electron chi connectivity index (χ4n) is 3.07. The van der Waals surface area contributed by atoms with Gasteiger partial charge >= 0.3 is 5.97 Å². The first-order valence-corrected chi connectivity index (χ1v) is 7.61. The minimum Gasteiger partial charge on any atom is -0.465 e. The molecule has 1 heterocycles. The number of esters is 1. The van der Waals surface area contributed by atoms with Crippen molar-refractivity contribution in [3.05, 3.63) is 0 Å². The molecule has 0 aromatic heterocycles. The molecule has 4 nitrogen and oxygen atoms in total. The predicted molar refractivity (Wildman–Crippen MR) is 73.9 cm³/mol. The number of rotatable bonds is 6. The van der Waals surface area contributed by atoms with Crippen LogP contribution in [0.25, 0.3) is 0 Å². The van der Waals surface area contributed by atoms with Gasteiger partial charge in [-0.05, 0) is 44.4 Å². The zero-order valence-corrected chi connectivity index (χ0v) is 12.4. The van der Waals surface area contributed by atoms with E-state index in [1.54, 1.807) is 0 Å². The van der Waals surface area contributed by atoms with Crippen molar-refractivity contribution in [1.82, 2.24) is 5.32 Å². The molecule has 2 rings (SSSR count). The van der Waals surface area contributed by atoms with E-state index < -0.39 is 5.54 Å². The van der Waals surface area contributed by atoms with Gasteiger partial charge in [0.1, 0.15) is 5.54 Å². The van der Waals surface area contributed by atoms with Gasteiger partial charge in [-0.1, -0.05) is 13.8 Å². The van der Waals surface area contributed by atoms with Gasteiger partial charge in [-0.15, -0.1) is 0 Å². The molecule has 1 atom stereocenters. The molecule has 0 radical (unpaired) electrons. The van der Waals surface area contributed by atoms with Gasteiger partial charge in [-0.3, -0.25) is 10.1 Å². The Kier molecular flexibility index (Phi) is 4.85. The molecule has 2 aliphatic rings. The Morgan fingerprint density at radius 1 is 1.47 bits per heavy atom. The zero-order chi connectivity index (χ0) is 13.9. The van der Waals surface area contributed by atoms with Gasteiger partial charge in [0.05, 0.1) is 12.7 Å². The van der Waals surface area contributed by atoms with Crippen LogP contribution in [0.2, 0.25) is 0 Å². The lowest BCUT2D eigenvalue weighted by Gasteiger charge is -2.48. The Balaban J connectivity index is 1.89. The third-order valence-electron chi connectivity index (χ3n) is 4.52. The van der Waals surface area contributed by atoms with Crippen LogP contribution in [-0.4, -0.2) is 37.4 Å². The molecule has 1 aliphatic heterocycles. The van der Waals surface area contributed by atoms with Crippen LogP contribution in [0.15, 0.2) is 0 Å². The van der Waals surface area contributed by atoms with Crippen LogP contribution >= 0.6 is 0 Å². The van der Waals surface area contributed by atoms with Crippen LogP contribution in [0.5, 0.6) is 0 Å². The fraction of sp³-hybridized carbons (Fsp3) is 0.933. The molecule has 1 saturated heterocycles. The molecule has 110 valence electrons.